The van der Waals surface area contributed by atoms with Gasteiger partial charge in [0, 0.05) is 28.2 Å². The molecule has 0 unspecified atom stereocenters. The summed E-state index contributed by atoms with van der Waals surface area (Å²) >= 11 is 0. The summed E-state index contributed by atoms with van der Waals surface area (Å²) in [5.41, 5.74) is 2.00. The molecule has 3 aromatic rings. The molecule has 2 N–H and O–H groups in total. The van der Waals surface area contributed by atoms with Gasteiger partial charge in [-0.05, 0) is 12.1 Å². The van der Waals surface area contributed by atoms with Crippen molar-refractivity contribution in [3.05, 3.63) is 48.5 Å². The number of nitrogens with zero attached hydrogens (tertiary/aromatic N) is 2. The Balaban J connectivity index is 1.60. The second-order valence-electron chi connectivity index (χ2n) is 6.66. The Morgan fingerprint density at radius 3 is 2.22 bits per heavy atom. The van der Waals surface area contributed by atoms with Crippen LogP contribution in [0.2, 0.25) is 0 Å². The molecule has 1 aliphatic heterocycles. The zero-order valence-electron chi connectivity index (χ0n) is 14.6. The van der Waals surface area contributed by atoms with Crippen LogP contribution in [0.25, 0.3) is 21.8 Å². The summed E-state index contributed by atoms with van der Waals surface area (Å²) in [7, 11) is 0. The number of aliphatic hydroxyl groups excluding tert-OH is 1. The third-order valence-electron chi connectivity index (χ3n) is 4.90. The van der Waals surface area contributed by atoms with Crippen molar-refractivity contribution in [1.82, 2.24) is 14.8 Å². The Labute approximate surface area is 156 Å². The molecule has 0 bridgehead atoms. The molecule has 4 rings (SSSR count). The van der Waals surface area contributed by atoms with E-state index in [2.05, 4.69) is 11.2 Å². The molecule has 0 spiro atoms. The Hall–Kier alpha value is -3.30. The van der Waals surface area contributed by atoms with E-state index in [1.165, 1.54) is 0 Å². The van der Waals surface area contributed by atoms with Gasteiger partial charge in [0.25, 0.3) is 5.91 Å². The molecule has 1 saturated heterocycles. The number of carbonyl (C=O) groups is 2. The summed E-state index contributed by atoms with van der Waals surface area (Å²) < 4.78 is 2.02. The summed E-state index contributed by atoms with van der Waals surface area (Å²) in [5, 5.41) is 15.4. The third kappa shape index (κ3) is 2.92. The van der Waals surface area contributed by atoms with E-state index in [4.69, 9.17) is 6.42 Å². The van der Waals surface area contributed by atoms with Crippen molar-refractivity contribution in [1.29, 1.82) is 0 Å². The van der Waals surface area contributed by atoms with Gasteiger partial charge in [-0.3, -0.25) is 9.69 Å². The molecule has 1 aliphatic rings. The molecule has 3 amide bonds. The van der Waals surface area contributed by atoms with Crippen LogP contribution in [0.5, 0.6) is 0 Å². The first kappa shape index (κ1) is 17.1. The molecule has 1 aromatic heterocycles. The van der Waals surface area contributed by atoms with Crippen LogP contribution in [-0.2, 0) is 11.3 Å². The summed E-state index contributed by atoms with van der Waals surface area (Å²) in [5.74, 6) is 1.99. The first-order chi connectivity index (χ1) is 13.1. The SMILES string of the molecule is C#CC[C@@H]1NC(=O)N(C[C@@H](O)Cn2c3ccccc3c3ccccc32)C1=O. The van der Waals surface area contributed by atoms with E-state index in [0.717, 1.165) is 26.7 Å². The van der Waals surface area contributed by atoms with Crippen molar-refractivity contribution in [3.8, 4) is 12.3 Å². The van der Waals surface area contributed by atoms with Crippen molar-refractivity contribution in [2.24, 2.45) is 0 Å². The number of fused-ring (bicyclic) bond motifs is 3. The van der Waals surface area contributed by atoms with E-state index in [0.29, 0.717) is 0 Å². The molecule has 6 heteroatoms. The molecule has 136 valence electrons. The molecule has 2 aromatic carbocycles. The van der Waals surface area contributed by atoms with Crippen molar-refractivity contribution < 1.29 is 14.7 Å². The molecule has 1 fully saturated rings. The minimum Gasteiger partial charge on any atom is -0.389 e. The fourth-order valence-corrected chi connectivity index (χ4v) is 3.69. The van der Waals surface area contributed by atoms with E-state index in [9.17, 15) is 14.7 Å². The van der Waals surface area contributed by atoms with Crippen LogP contribution in [0.1, 0.15) is 6.42 Å². The van der Waals surface area contributed by atoms with Crippen molar-refractivity contribution in [2.75, 3.05) is 6.54 Å². The lowest BCUT2D eigenvalue weighted by atomic mass is 10.2. The number of urea groups is 1. The number of terminal acetylenes is 1. The van der Waals surface area contributed by atoms with E-state index >= 15 is 0 Å². The van der Waals surface area contributed by atoms with Gasteiger partial charge in [-0.25, -0.2) is 4.79 Å². The second kappa shape index (κ2) is 6.78. The summed E-state index contributed by atoms with van der Waals surface area (Å²) in [6.45, 7) is 0.192. The maximum atomic E-state index is 12.3. The minimum atomic E-state index is -0.900. The minimum absolute atomic E-state index is 0.0768. The number of nitrogens with one attached hydrogen (secondary N) is 1. The number of carbonyl (C=O) groups excluding carboxylic acids is 2. The smallest absolute Gasteiger partial charge is 0.324 e. The normalized spacial score (nSPS) is 18.1. The molecule has 6 nitrogen and oxygen atoms in total. The van der Waals surface area contributed by atoms with Crippen LogP contribution in [0.4, 0.5) is 4.79 Å². The Morgan fingerprint density at radius 2 is 1.63 bits per heavy atom. The number of aromatic nitrogens is 1. The highest BCUT2D eigenvalue weighted by molar-refractivity contribution is 6.08. The highest BCUT2D eigenvalue weighted by atomic mass is 16.3. The van der Waals surface area contributed by atoms with E-state index in [1.54, 1.807) is 0 Å². The summed E-state index contributed by atoms with van der Waals surface area (Å²) in [6.07, 6.45) is 4.48. The number of amides is 3. The lowest BCUT2D eigenvalue weighted by molar-refractivity contribution is -0.128. The van der Waals surface area contributed by atoms with Gasteiger partial charge < -0.3 is 15.0 Å². The van der Waals surface area contributed by atoms with E-state index < -0.39 is 18.2 Å². The number of benzene rings is 2. The van der Waals surface area contributed by atoms with Crippen molar-refractivity contribution >= 4 is 33.7 Å². The first-order valence-corrected chi connectivity index (χ1v) is 8.79. The number of aliphatic hydroxyl groups is 1. The highest BCUT2D eigenvalue weighted by Gasteiger charge is 2.38. The quantitative estimate of drug-likeness (QED) is 0.540. The number of para-hydroxylation sites is 2. The van der Waals surface area contributed by atoms with Gasteiger partial charge in [0.1, 0.15) is 6.04 Å². The Bertz CT molecular complexity index is 1030. The van der Waals surface area contributed by atoms with Crippen LogP contribution in [0.15, 0.2) is 48.5 Å². The number of hydrogen-bond acceptors (Lipinski definition) is 3. The maximum absolute atomic E-state index is 12.3. The number of hydrogen-bond donors (Lipinski definition) is 2. The number of rotatable bonds is 5. The van der Waals surface area contributed by atoms with Crippen molar-refractivity contribution in [2.45, 2.75) is 25.1 Å². The van der Waals surface area contributed by atoms with Crippen LogP contribution in [0.3, 0.4) is 0 Å². The topological polar surface area (TPSA) is 74.6 Å². The number of imide groups is 1. The van der Waals surface area contributed by atoms with Gasteiger partial charge in [0.05, 0.1) is 19.2 Å². The average molecular weight is 361 g/mol. The predicted octanol–water partition coefficient (Wildman–Crippen LogP) is 2.10. The summed E-state index contributed by atoms with van der Waals surface area (Å²) in [4.78, 5) is 25.4. The van der Waals surface area contributed by atoms with E-state index in [1.807, 2.05) is 53.1 Å². The second-order valence-corrected chi connectivity index (χ2v) is 6.66. The molecule has 2 atom stereocenters. The fourth-order valence-electron chi connectivity index (χ4n) is 3.69. The highest BCUT2D eigenvalue weighted by Crippen LogP contribution is 2.29. The molecular weight excluding hydrogens is 342 g/mol. The molecule has 27 heavy (non-hydrogen) atoms. The predicted molar refractivity (Wildman–Crippen MR) is 103 cm³/mol. The van der Waals surface area contributed by atoms with Gasteiger partial charge in [-0.2, -0.15) is 0 Å². The standard InChI is InChI=1S/C21H19N3O3/c1-2-7-17-20(26)24(21(27)22-17)13-14(25)12-23-18-10-5-3-8-15(18)16-9-4-6-11-19(16)23/h1,3-6,8-11,14,17,25H,7,12-13H2,(H,22,27)/t14-,17-/m0/s1. The van der Waals surface area contributed by atoms with Gasteiger partial charge in [0.2, 0.25) is 0 Å². The lowest BCUT2D eigenvalue weighted by Crippen LogP contribution is -2.39. The van der Waals surface area contributed by atoms with Crippen LogP contribution in [-0.4, -0.2) is 45.2 Å². The van der Waals surface area contributed by atoms with Crippen LogP contribution in [0, 0.1) is 12.3 Å². The van der Waals surface area contributed by atoms with Gasteiger partial charge in [0.15, 0.2) is 0 Å². The number of β-amino-alcohol motifs (C(OH)–C–C–N with tert-alkyl or cyclic N) is 1. The molecular formula is C21H19N3O3. The van der Waals surface area contributed by atoms with Gasteiger partial charge in [-0.1, -0.05) is 36.4 Å². The summed E-state index contributed by atoms with van der Waals surface area (Å²) in [6, 6.07) is 14.7. The Kier molecular flexibility index (Phi) is 4.30. The van der Waals surface area contributed by atoms with Crippen molar-refractivity contribution in [3.63, 3.8) is 0 Å². The first-order valence-electron chi connectivity index (χ1n) is 8.79. The largest absolute Gasteiger partial charge is 0.389 e. The van der Waals surface area contributed by atoms with Crippen LogP contribution < -0.4 is 5.32 Å². The van der Waals surface area contributed by atoms with Gasteiger partial charge >= 0.3 is 6.03 Å². The zero-order chi connectivity index (χ0) is 19.0. The lowest BCUT2D eigenvalue weighted by Gasteiger charge is -2.19. The molecule has 2 heterocycles. The third-order valence-corrected chi connectivity index (χ3v) is 4.90. The Morgan fingerprint density at radius 1 is 1.04 bits per heavy atom. The zero-order valence-corrected chi connectivity index (χ0v) is 14.6. The van der Waals surface area contributed by atoms with Gasteiger partial charge in [-0.15, -0.1) is 12.3 Å². The molecule has 0 saturated carbocycles. The average Bonchev–Trinajstić information content (AvgIpc) is 3.12. The molecule has 0 radical (unpaired) electrons. The van der Waals surface area contributed by atoms with E-state index in [-0.39, 0.29) is 25.4 Å². The monoisotopic (exact) mass is 361 g/mol. The molecule has 0 aliphatic carbocycles. The fraction of sp³-hybridized carbons (Fsp3) is 0.238. The van der Waals surface area contributed by atoms with Crippen LogP contribution >= 0.6 is 0 Å². The maximum Gasteiger partial charge on any atom is 0.324 e.